The average Bonchev–Trinajstić information content (AvgIpc) is 3.92. The van der Waals surface area contributed by atoms with E-state index in [2.05, 4.69) is 203 Å². The van der Waals surface area contributed by atoms with Crippen LogP contribution in [-0.2, 0) is 0 Å². The van der Waals surface area contributed by atoms with Gasteiger partial charge in [-0.3, -0.25) is 0 Å². The Morgan fingerprint density at radius 3 is 1.69 bits per heavy atom. The molecule has 0 radical (unpaired) electrons. The van der Waals surface area contributed by atoms with Gasteiger partial charge < -0.3 is 9.13 Å². The Kier molecular flexibility index (Phi) is 6.41. The highest BCUT2D eigenvalue weighted by Crippen LogP contribution is 2.46. The fourth-order valence-corrected chi connectivity index (χ4v) is 9.61. The lowest BCUT2D eigenvalue weighted by Crippen LogP contribution is -1.95. The molecule has 4 heteroatoms. The van der Waals surface area contributed by atoms with Crippen LogP contribution in [0.4, 0.5) is 0 Å². The molecule has 268 valence electrons. The summed E-state index contributed by atoms with van der Waals surface area (Å²) in [6.45, 7) is 0. The summed E-state index contributed by atoms with van der Waals surface area (Å²) in [6.07, 6.45) is 0. The van der Waals surface area contributed by atoms with Gasteiger partial charge in [-0.1, -0.05) is 121 Å². The molecule has 4 nitrogen and oxygen atoms in total. The van der Waals surface area contributed by atoms with Crippen molar-refractivity contribution in [3.8, 4) is 56.3 Å². The molecule has 0 atom stereocenters. The minimum absolute atomic E-state index is 0.753. The van der Waals surface area contributed by atoms with Gasteiger partial charge in [0.15, 0.2) is 5.82 Å². The van der Waals surface area contributed by atoms with E-state index in [9.17, 15) is 0 Å². The van der Waals surface area contributed by atoms with Gasteiger partial charge >= 0.3 is 0 Å². The number of rotatable bonds is 4. The normalized spacial score (nSPS) is 12.1. The lowest BCUT2D eigenvalue weighted by Gasteiger charge is -2.10. The highest BCUT2D eigenvalue weighted by atomic mass is 15.0. The molecule has 13 rings (SSSR count). The molecule has 0 spiro atoms. The SMILES string of the molecule is c1ccc(-n2c3ccc(-c4ccc5cc(-c6nc7c8c(cccc8n6)-c6ccccc6-7)ccc5c4)cc3c3cc(-n4c5ccccc5c5ccccc54)ccc32)cc1. The van der Waals surface area contributed by atoms with Crippen LogP contribution in [0.25, 0.3) is 122 Å². The third kappa shape index (κ3) is 4.45. The lowest BCUT2D eigenvalue weighted by molar-refractivity contribution is 1.17. The predicted octanol–water partition coefficient (Wildman–Crippen LogP) is 14.0. The highest BCUT2D eigenvalue weighted by Gasteiger charge is 2.24. The Hall–Kier alpha value is -7.82. The van der Waals surface area contributed by atoms with E-state index < -0.39 is 0 Å². The number of benzene rings is 9. The summed E-state index contributed by atoms with van der Waals surface area (Å²) in [5, 5.41) is 8.45. The summed E-state index contributed by atoms with van der Waals surface area (Å²) in [4.78, 5) is 10.2. The monoisotopic (exact) mass is 736 g/mol. The molecule has 3 heterocycles. The third-order valence-corrected chi connectivity index (χ3v) is 12.2. The maximum absolute atomic E-state index is 5.17. The highest BCUT2D eigenvalue weighted by molar-refractivity contribution is 6.14. The van der Waals surface area contributed by atoms with Gasteiger partial charge in [0, 0.05) is 49.4 Å². The van der Waals surface area contributed by atoms with Crippen molar-refractivity contribution in [1.29, 1.82) is 0 Å². The minimum Gasteiger partial charge on any atom is -0.309 e. The first-order valence-corrected chi connectivity index (χ1v) is 19.8. The quantitative estimate of drug-likeness (QED) is 0.180. The number of hydrogen-bond acceptors (Lipinski definition) is 2. The van der Waals surface area contributed by atoms with E-state index in [4.69, 9.17) is 9.97 Å². The summed E-state index contributed by atoms with van der Waals surface area (Å²) in [5.74, 6) is 0.753. The molecular weight excluding hydrogens is 705 g/mol. The summed E-state index contributed by atoms with van der Waals surface area (Å²) in [5.41, 5.74) is 16.1. The molecule has 0 unspecified atom stereocenters. The van der Waals surface area contributed by atoms with Crippen molar-refractivity contribution < 1.29 is 0 Å². The van der Waals surface area contributed by atoms with Crippen LogP contribution in [0.1, 0.15) is 0 Å². The molecule has 12 aromatic rings. The number of nitrogens with zero attached hydrogens (tertiary/aromatic N) is 4. The largest absolute Gasteiger partial charge is 0.309 e. The molecule has 1 aliphatic carbocycles. The van der Waals surface area contributed by atoms with Gasteiger partial charge in [-0.05, 0) is 106 Å². The number of para-hydroxylation sites is 3. The summed E-state index contributed by atoms with van der Waals surface area (Å²) in [7, 11) is 0. The summed E-state index contributed by atoms with van der Waals surface area (Å²) >= 11 is 0. The molecule has 9 aromatic carbocycles. The van der Waals surface area contributed by atoms with E-state index in [1.54, 1.807) is 0 Å². The first-order valence-electron chi connectivity index (χ1n) is 19.8. The summed E-state index contributed by atoms with van der Waals surface area (Å²) in [6, 6.07) is 70.3. The van der Waals surface area contributed by atoms with Crippen LogP contribution in [0, 0.1) is 0 Å². The van der Waals surface area contributed by atoms with Crippen molar-refractivity contribution in [2.75, 3.05) is 0 Å². The smallest absolute Gasteiger partial charge is 0.160 e. The van der Waals surface area contributed by atoms with E-state index in [1.165, 1.54) is 76.8 Å². The van der Waals surface area contributed by atoms with Gasteiger partial charge in [0.05, 0.1) is 33.3 Å². The molecule has 0 bridgehead atoms. The third-order valence-electron chi connectivity index (χ3n) is 12.2. The Labute approximate surface area is 333 Å². The molecule has 0 saturated carbocycles. The van der Waals surface area contributed by atoms with E-state index in [-0.39, 0.29) is 0 Å². The minimum atomic E-state index is 0.753. The standard InChI is InChI=1S/C54H32N4/c1-2-11-38(12-3-1)57-50-27-25-36(31-45(50)46-32-39(26-28-51(46)57)58-48-19-8-6-14-41(48)42-15-7-9-20-49(42)58)34-21-22-35-30-37(24-23-33(35)29-34)54-55-47-18-10-17-43-40-13-4-5-16-44(40)53(56-54)52(43)47/h1-32H. The van der Waals surface area contributed by atoms with E-state index in [0.717, 1.165) is 44.7 Å². The average molecular weight is 737 g/mol. The molecule has 0 N–H and O–H groups in total. The number of aromatic nitrogens is 4. The van der Waals surface area contributed by atoms with Crippen LogP contribution < -0.4 is 0 Å². The fourth-order valence-electron chi connectivity index (χ4n) is 9.61. The topological polar surface area (TPSA) is 35.6 Å². The number of hydrogen-bond donors (Lipinski definition) is 0. The van der Waals surface area contributed by atoms with E-state index in [0.29, 0.717) is 0 Å². The molecule has 0 amide bonds. The van der Waals surface area contributed by atoms with Crippen molar-refractivity contribution >= 4 is 65.3 Å². The van der Waals surface area contributed by atoms with Gasteiger partial charge in [0.1, 0.15) is 0 Å². The van der Waals surface area contributed by atoms with Crippen LogP contribution >= 0.6 is 0 Å². The van der Waals surface area contributed by atoms with Crippen LogP contribution in [0.2, 0.25) is 0 Å². The second-order valence-electron chi connectivity index (χ2n) is 15.4. The van der Waals surface area contributed by atoms with Crippen LogP contribution in [0.3, 0.4) is 0 Å². The first kappa shape index (κ1) is 31.4. The first-order chi connectivity index (χ1) is 28.7. The molecule has 1 aliphatic rings. The van der Waals surface area contributed by atoms with Crippen molar-refractivity contribution in [3.63, 3.8) is 0 Å². The van der Waals surface area contributed by atoms with Crippen molar-refractivity contribution in [3.05, 3.63) is 194 Å². The zero-order valence-electron chi connectivity index (χ0n) is 31.3. The maximum atomic E-state index is 5.17. The molecular formula is C54H32N4. The van der Waals surface area contributed by atoms with Gasteiger partial charge in [0.25, 0.3) is 0 Å². The Morgan fingerprint density at radius 2 is 0.897 bits per heavy atom. The zero-order chi connectivity index (χ0) is 37.9. The Bertz CT molecular complexity index is 3630. The van der Waals surface area contributed by atoms with Gasteiger partial charge in [-0.2, -0.15) is 0 Å². The van der Waals surface area contributed by atoms with Crippen LogP contribution in [0.15, 0.2) is 194 Å². The predicted molar refractivity (Wildman–Crippen MR) is 241 cm³/mol. The van der Waals surface area contributed by atoms with Crippen molar-refractivity contribution in [1.82, 2.24) is 19.1 Å². The zero-order valence-corrected chi connectivity index (χ0v) is 31.3. The molecule has 0 fully saturated rings. The van der Waals surface area contributed by atoms with Crippen molar-refractivity contribution in [2.24, 2.45) is 0 Å². The molecule has 58 heavy (non-hydrogen) atoms. The molecule has 0 saturated heterocycles. The van der Waals surface area contributed by atoms with E-state index >= 15 is 0 Å². The van der Waals surface area contributed by atoms with E-state index in [1.807, 2.05) is 0 Å². The Balaban J connectivity index is 0.949. The number of fused-ring (bicyclic) bond motifs is 10. The maximum Gasteiger partial charge on any atom is 0.160 e. The summed E-state index contributed by atoms with van der Waals surface area (Å²) < 4.78 is 4.80. The van der Waals surface area contributed by atoms with Crippen LogP contribution in [-0.4, -0.2) is 19.1 Å². The second kappa shape index (κ2) is 11.8. The second-order valence-corrected chi connectivity index (χ2v) is 15.4. The van der Waals surface area contributed by atoms with Crippen LogP contribution in [0.5, 0.6) is 0 Å². The lowest BCUT2D eigenvalue weighted by atomic mass is 9.98. The molecule has 3 aromatic heterocycles. The Morgan fingerprint density at radius 1 is 0.328 bits per heavy atom. The van der Waals surface area contributed by atoms with Gasteiger partial charge in [-0.15, -0.1) is 0 Å². The fraction of sp³-hybridized carbons (Fsp3) is 0. The van der Waals surface area contributed by atoms with Crippen molar-refractivity contribution in [2.45, 2.75) is 0 Å². The molecule has 0 aliphatic heterocycles. The van der Waals surface area contributed by atoms with Gasteiger partial charge in [0.2, 0.25) is 0 Å². The van der Waals surface area contributed by atoms with Gasteiger partial charge in [-0.25, -0.2) is 9.97 Å².